The van der Waals surface area contributed by atoms with Gasteiger partial charge >= 0.3 is 0 Å². The Balaban J connectivity index is 1.34. The molecule has 7 heteroatoms. The van der Waals surface area contributed by atoms with E-state index in [1.807, 2.05) is 42.5 Å². The minimum atomic E-state index is -0.575. The normalized spacial score (nSPS) is 18.7. The molecule has 2 aliphatic heterocycles. The van der Waals surface area contributed by atoms with Crippen molar-refractivity contribution in [3.63, 3.8) is 0 Å². The number of amides is 3. The van der Waals surface area contributed by atoms with E-state index in [2.05, 4.69) is 10.6 Å². The van der Waals surface area contributed by atoms with Gasteiger partial charge in [-0.05, 0) is 54.3 Å². The first kappa shape index (κ1) is 19.1. The Labute approximate surface area is 169 Å². The molecule has 0 saturated carbocycles. The summed E-state index contributed by atoms with van der Waals surface area (Å²) in [5.41, 5.74) is 10.4. The summed E-state index contributed by atoms with van der Waals surface area (Å²) in [6, 6.07) is 13.1. The van der Waals surface area contributed by atoms with Gasteiger partial charge in [-0.1, -0.05) is 24.3 Å². The number of carbonyl (C=O) groups excluding carboxylic acids is 3. The minimum absolute atomic E-state index is 0.141. The molecule has 0 aromatic heterocycles. The Kier molecular flexibility index (Phi) is 5.31. The van der Waals surface area contributed by atoms with Crippen LogP contribution in [-0.2, 0) is 29.1 Å². The molecule has 0 radical (unpaired) electrons. The number of rotatable bonds is 6. The average Bonchev–Trinajstić information content (AvgIpc) is 3.02. The standard InChI is InChI=1S/C22H24N4O3/c23-17-4-1-14(2-5-17)9-10-24-12-15-3-6-18-16(11-15)13-26(22(18)29)19-7-8-20(27)25-21(19)28/h1-6,11,19,24H,7-10,12-13,23H2,(H,25,27,28). The quantitative estimate of drug-likeness (QED) is 0.391. The van der Waals surface area contributed by atoms with Crippen molar-refractivity contribution in [1.82, 2.24) is 15.5 Å². The summed E-state index contributed by atoms with van der Waals surface area (Å²) in [6.07, 6.45) is 1.55. The number of piperidine rings is 1. The summed E-state index contributed by atoms with van der Waals surface area (Å²) >= 11 is 0. The monoisotopic (exact) mass is 392 g/mol. The number of fused-ring (bicyclic) bond motifs is 1. The molecule has 1 unspecified atom stereocenters. The second kappa shape index (κ2) is 8.05. The van der Waals surface area contributed by atoms with Gasteiger partial charge in [0.2, 0.25) is 11.8 Å². The fourth-order valence-corrected chi connectivity index (χ4v) is 3.89. The van der Waals surface area contributed by atoms with Crippen molar-refractivity contribution in [1.29, 1.82) is 0 Å². The van der Waals surface area contributed by atoms with E-state index in [9.17, 15) is 14.4 Å². The molecule has 1 atom stereocenters. The van der Waals surface area contributed by atoms with E-state index < -0.39 is 6.04 Å². The van der Waals surface area contributed by atoms with Gasteiger partial charge in [0.05, 0.1) is 0 Å². The first-order valence-corrected chi connectivity index (χ1v) is 9.83. The van der Waals surface area contributed by atoms with Crippen LogP contribution in [0.4, 0.5) is 5.69 Å². The fraction of sp³-hybridized carbons (Fsp3) is 0.318. The summed E-state index contributed by atoms with van der Waals surface area (Å²) in [5.74, 6) is -0.799. The second-order valence-electron chi connectivity index (χ2n) is 7.56. The van der Waals surface area contributed by atoms with Crippen molar-refractivity contribution in [2.24, 2.45) is 0 Å². The Morgan fingerprint density at radius 3 is 2.59 bits per heavy atom. The van der Waals surface area contributed by atoms with Crippen molar-refractivity contribution in [2.75, 3.05) is 12.3 Å². The van der Waals surface area contributed by atoms with Crippen LogP contribution in [0.15, 0.2) is 42.5 Å². The summed E-state index contributed by atoms with van der Waals surface area (Å²) in [4.78, 5) is 37.8. The van der Waals surface area contributed by atoms with Crippen LogP contribution in [0.3, 0.4) is 0 Å². The third-order valence-electron chi connectivity index (χ3n) is 5.49. The van der Waals surface area contributed by atoms with E-state index in [4.69, 9.17) is 5.73 Å². The molecule has 0 spiro atoms. The van der Waals surface area contributed by atoms with E-state index in [-0.39, 0.29) is 24.1 Å². The lowest BCUT2D eigenvalue weighted by Gasteiger charge is -2.29. The summed E-state index contributed by atoms with van der Waals surface area (Å²) in [7, 11) is 0. The molecular formula is C22H24N4O3. The lowest BCUT2D eigenvalue weighted by atomic mass is 10.0. The first-order chi connectivity index (χ1) is 14.0. The number of benzene rings is 2. The molecule has 29 heavy (non-hydrogen) atoms. The molecule has 1 saturated heterocycles. The Morgan fingerprint density at radius 2 is 1.83 bits per heavy atom. The highest BCUT2D eigenvalue weighted by Crippen LogP contribution is 2.28. The zero-order valence-electron chi connectivity index (χ0n) is 16.1. The number of nitrogens with zero attached hydrogens (tertiary/aromatic N) is 1. The molecule has 2 aliphatic rings. The van der Waals surface area contributed by atoms with Gasteiger partial charge < -0.3 is 16.0 Å². The largest absolute Gasteiger partial charge is 0.399 e. The predicted molar refractivity (Wildman–Crippen MR) is 109 cm³/mol. The lowest BCUT2D eigenvalue weighted by molar-refractivity contribution is -0.136. The van der Waals surface area contributed by atoms with Gasteiger partial charge in [-0.15, -0.1) is 0 Å². The highest BCUT2D eigenvalue weighted by atomic mass is 16.2. The van der Waals surface area contributed by atoms with Crippen molar-refractivity contribution in [2.45, 2.75) is 38.4 Å². The molecule has 3 amide bonds. The van der Waals surface area contributed by atoms with Crippen LogP contribution < -0.4 is 16.4 Å². The molecule has 2 aromatic carbocycles. The minimum Gasteiger partial charge on any atom is -0.399 e. The van der Waals surface area contributed by atoms with Gasteiger partial charge in [-0.3, -0.25) is 19.7 Å². The smallest absolute Gasteiger partial charge is 0.255 e. The molecular weight excluding hydrogens is 368 g/mol. The van der Waals surface area contributed by atoms with Crippen LogP contribution in [-0.4, -0.2) is 35.2 Å². The van der Waals surface area contributed by atoms with Crippen LogP contribution >= 0.6 is 0 Å². The van der Waals surface area contributed by atoms with Crippen molar-refractivity contribution < 1.29 is 14.4 Å². The number of hydrogen-bond acceptors (Lipinski definition) is 5. The van der Waals surface area contributed by atoms with Crippen molar-refractivity contribution >= 4 is 23.4 Å². The Bertz CT molecular complexity index is 955. The van der Waals surface area contributed by atoms with Crippen LogP contribution in [0.1, 0.15) is 39.9 Å². The lowest BCUT2D eigenvalue weighted by Crippen LogP contribution is -2.52. The van der Waals surface area contributed by atoms with Gasteiger partial charge in [0.25, 0.3) is 5.91 Å². The number of nitrogen functional groups attached to an aromatic ring is 1. The van der Waals surface area contributed by atoms with E-state index in [1.54, 1.807) is 4.90 Å². The van der Waals surface area contributed by atoms with Crippen LogP contribution in [0, 0.1) is 0 Å². The average molecular weight is 392 g/mol. The Morgan fingerprint density at radius 1 is 1.07 bits per heavy atom. The third-order valence-corrected chi connectivity index (χ3v) is 5.49. The fourth-order valence-electron chi connectivity index (χ4n) is 3.89. The number of nitrogens with two attached hydrogens (primary N) is 1. The third kappa shape index (κ3) is 4.14. The topological polar surface area (TPSA) is 105 Å². The summed E-state index contributed by atoms with van der Waals surface area (Å²) in [5, 5.41) is 5.75. The molecule has 0 bridgehead atoms. The maximum atomic E-state index is 12.7. The van der Waals surface area contributed by atoms with Crippen LogP contribution in [0.25, 0.3) is 0 Å². The summed E-state index contributed by atoms with van der Waals surface area (Å²) in [6.45, 7) is 1.94. The number of carbonyl (C=O) groups is 3. The molecule has 4 rings (SSSR count). The maximum Gasteiger partial charge on any atom is 0.255 e. The van der Waals surface area contributed by atoms with Crippen LogP contribution in [0.2, 0.25) is 0 Å². The zero-order chi connectivity index (χ0) is 20.4. The molecule has 0 aliphatic carbocycles. The molecule has 2 heterocycles. The number of hydrogen-bond donors (Lipinski definition) is 3. The van der Waals surface area contributed by atoms with Gasteiger partial charge in [0, 0.05) is 30.8 Å². The van der Waals surface area contributed by atoms with E-state index >= 15 is 0 Å². The van der Waals surface area contributed by atoms with Gasteiger partial charge in [0.1, 0.15) is 6.04 Å². The Hall–Kier alpha value is -3.19. The van der Waals surface area contributed by atoms with Crippen molar-refractivity contribution in [3.8, 4) is 0 Å². The molecule has 7 nitrogen and oxygen atoms in total. The van der Waals surface area contributed by atoms with E-state index in [1.165, 1.54) is 5.56 Å². The van der Waals surface area contributed by atoms with E-state index in [0.29, 0.717) is 25.1 Å². The van der Waals surface area contributed by atoms with Gasteiger partial charge in [0.15, 0.2) is 0 Å². The molecule has 1 fully saturated rings. The SMILES string of the molecule is Nc1ccc(CCNCc2ccc3c(c2)CN(C2CCC(=O)NC2=O)C3=O)cc1. The highest BCUT2D eigenvalue weighted by molar-refractivity contribution is 6.05. The van der Waals surface area contributed by atoms with Gasteiger partial charge in [-0.25, -0.2) is 0 Å². The second-order valence-corrected chi connectivity index (χ2v) is 7.56. The molecule has 150 valence electrons. The zero-order valence-corrected chi connectivity index (χ0v) is 16.1. The molecule has 4 N–H and O–H groups in total. The maximum absolute atomic E-state index is 12.7. The molecule has 2 aromatic rings. The highest BCUT2D eigenvalue weighted by Gasteiger charge is 2.38. The van der Waals surface area contributed by atoms with Crippen LogP contribution in [0.5, 0.6) is 0 Å². The van der Waals surface area contributed by atoms with Crippen molar-refractivity contribution in [3.05, 3.63) is 64.7 Å². The van der Waals surface area contributed by atoms with Gasteiger partial charge in [-0.2, -0.15) is 0 Å². The number of anilines is 1. The predicted octanol–water partition coefficient (Wildman–Crippen LogP) is 1.36. The summed E-state index contributed by atoms with van der Waals surface area (Å²) < 4.78 is 0. The first-order valence-electron chi connectivity index (χ1n) is 9.83. The number of imide groups is 1. The van der Waals surface area contributed by atoms with E-state index in [0.717, 1.165) is 29.8 Å². The number of nitrogens with one attached hydrogen (secondary N) is 2.